The lowest BCUT2D eigenvalue weighted by Gasteiger charge is -2.11. The molecule has 1 aromatic rings. The number of aryl methyl sites for hydroxylation is 1. The average molecular weight is 260 g/mol. The number of nitro groups is 1. The highest BCUT2D eigenvalue weighted by molar-refractivity contribution is 8.07. The Morgan fingerprint density at radius 2 is 2.25 bits per heavy atom. The van der Waals surface area contributed by atoms with E-state index in [1.54, 1.807) is 13.5 Å². The molecule has 1 radical (unpaired) electrons. The fraction of sp³-hybridized carbons (Fsp3) is 0.429. The minimum atomic E-state index is -0.542. The summed E-state index contributed by atoms with van der Waals surface area (Å²) in [5.41, 5.74) is 0.0466. The molecule has 0 aliphatic carbocycles. The second-order valence-electron chi connectivity index (χ2n) is 3.11. The number of aromatic nitrogens is 2. The van der Waals surface area contributed by atoms with Gasteiger partial charge in [0.15, 0.2) is 0 Å². The quantitative estimate of drug-likeness (QED) is 0.282. The summed E-state index contributed by atoms with van der Waals surface area (Å²) >= 11 is 9.59. The highest BCUT2D eigenvalue weighted by atomic mass is 35.5. The lowest BCUT2D eigenvalue weighted by Crippen LogP contribution is -2.21. The topological polar surface area (TPSA) is 81.0 Å². The summed E-state index contributed by atoms with van der Waals surface area (Å²) < 4.78 is 0. The van der Waals surface area contributed by atoms with Gasteiger partial charge < -0.3 is 5.32 Å². The van der Waals surface area contributed by atoms with Crippen molar-refractivity contribution in [1.82, 2.24) is 9.97 Å². The molecule has 1 N–H and O–H groups in total. The highest BCUT2D eigenvalue weighted by Crippen LogP contribution is 2.26. The van der Waals surface area contributed by atoms with E-state index in [9.17, 15) is 10.1 Å². The van der Waals surface area contributed by atoms with E-state index in [1.165, 1.54) is 6.92 Å². The van der Waals surface area contributed by atoms with E-state index >= 15 is 0 Å². The molecule has 0 amide bonds. The monoisotopic (exact) mass is 259 g/mol. The molecule has 1 heterocycles. The van der Waals surface area contributed by atoms with Gasteiger partial charge in [0.25, 0.3) is 0 Å². The van der Waals surface area contributed by atoms with Crippen LogP contribution in [0.4, 0.5) is 11.5 Å². The van der Waals surface area contributed by atoms with Gasteiger partial charge >= 0.3 is 5.69 Å². The Labute approximate surface area is 104 Å². The number of hydrogen-bond acceptors (Lipinski definition) is 6. The van der Waals surface area contributed by atoms with Crippen LogP contribution in [0.1, 0.15) is 12.6 Å². The summed E-state index contributed by atoms with van der Waals surface area (Å²) in [5, 5.41) is 13.6. The van der Waals surface area contributed by atoms with Crippen LogP contribution in [0.15, 0.2) is 0 Å². The van der Waals surface area contributed by atoms with Crippen molar-refractivity contribution in [1.29, 1.82) is 0 Å². The fourth-order valence-corrected chi connectivity index (χ4v) is 1.39. The van der Waals surface area contributed by atoms with Gasteiger partial charge in [0.1, 0.15) is 5.69 Å². The smallest absolute Gasteiger partial charge is 0.332 e. The van der Waals surface area contributed by atoms with Gasteiger partial charge in [-0.1, -0.05) is 6.92 Å². The minimum absolute atomic E-state index is 0.0306. The molecule has 9 heteroatoms. The third-order valence-corrected chi connectivity index (χ3v) is 2.42. The van der Waals surface area contributed by atoms with Gasteiger partial charge in [-0.2, -0.15) is 4.98 Å². The molecule has 0 bridgehead atoms. The Bertz CT molecular complexity index is 420. The standard InChI is InChI=1S/C7H9BClN4O2S/c1-3-5(13(14)15)6(11-4(2)8-16)12-7(9)10-3/h4,16H,1-2H3,(H,10,11,12). The van der Waals surface area contributed by atoms with Crippen LogP contribution < -0.4 is 5.32 Å². The van der Waals surface area contributed by atoms with Gasteiger partial charge in [-0.25, -0.2) is 17.5 Å². The van der Waals surface area contributed by atoms with Crippen molar-refractivity contribution in [2.75, 3.05) is 5.32 Å². The van der Waals surface area contributed by atoms with Crippen molar-refractivity contribution in [2.24, 2.45) is 0 Å². The minimum Gasteiger partial charge on any atom is -0.369 e. The maximum absolute atomic E-state index is 10.8. The summed E-state index contributed by atoms with van der Waals surface area (Å²) in [5.74, 6) is -0.0762. The lowest BCUT2D eigenvalue weighted by atomic mass is 9.97. The fourth-order valence-electron chi connectivity index (χ4n) is 1.11. The number of nitrogens with zero attached hydrogens (tertiary/aromatic N) is 3. The average Bonchev–Trinajstić information content (AvgIpc) is 2.15. The molecule has 6 nitrogen and oxygen atoms in total. The number of anilines is 1. The van der Waals surface area contributed by atoms with Crippen LogP contribution in [0.5, 0.6) is 0 Å². The molecule has 1 aromatic heterocycles. The molecule has 0 aliphatic heterocycles. The van der Waals surface area contributed by atoms with E-state index in [4.69, 9.17) is 11.6 Å². The first-order valence-corrected chi connectivity index (χ1v) is 5.27. The third kappa shape index (κ3) is 2.99. The summed E-state index contributed by atoms with van der Waals surface area (Å²) in [6, 6.07) is 0. The van der Waals surface area contributed by atoms with Gasteiger partial charge in [-0.15, -0.1) is 0 Å². The molecule has 0 aliphatic rings. The number of halogens is 1. The van der Waals surface area contributed by atoms with Crippen LogP contribution in [0.2, 0.25) is 5.28 Å². The zero-order valence-corrected chi connectivity index (χ0v) is 10.3. The van der Waals surface area contributed by atoms with Crippen molar-refractivity contribution < 1.29 is 4.92 Å². The summed E-state index contributed by atoms with van der Waals surface area (Å²) in [6.07, 6.45) is 0. The van der Waals surface area contributed by atoms with Crippen LogP contribution >= 0.6 is 24.1 Å². The predicted molar refractivity (Wildman–Crippen MR) is 66.3 cm³/mol. The maximum Gasteiger partial charge on any atom is 0.332 e. The van der Waals surface area contributed by atoms with E-state index in [0.29, 0.717) is 0 Å². The van der Waals surface area contributed by atoms with Gasteiger partial charge in [-0.3, -0.25) is 10.1 Å². The van der Waals surface area contributed by atoms with Gasteiger partial charge in [0.2, 0.25) is 17.7 Å². The molecule has 1 unspecified atom stereocenters. The summed E-state index contributed by atoms with van der Waals surface area (Å²) in [7, 11) is 0. The van der Waals surface area contributed by atoms with Gasteiger partial charge in [0, 0.05) is 5.94 Å². The Morgan fingerprint density at radius 3 is 2.75 bits per heavy atom. The molecule has 1 atom stereocenters. The van der Waals surface area contributed by atoms with Crippen LogP contribution in [0.25, 0.3) is 0 Å². The molecule has 16 heavy (non-hydrogen) atoms. The number of thiol groups is 1. The van der Waals surface area contributed by atoms with Crippen LogP contribution in [0, 0.1) is 17.0 Å². The van der Waals surface area contributed by atoms with E-state index in [1.807, 2.05) is 0 Å². The van der Waals surface area contributed by atoms with Crippen molar-refractivity contribution in [2.45, 2.75) is 19.8 Å². The number of hydrogen-bond donors (Lipinski definition) is 2. The lowest BCUT2D eigenvalue weighted by molar-refractivity contribution is -0.385. The zero-order valence-electron chi connectivity index (χ0n) is 8.64. The van der Waals surface area contributed by atoms with Crippen LogP contribution in [-0.4, -0.2) is 27.4 Å². The van der Waals surface area contributed by atoms with Crippen LogP contribution in [-0.2, 0) is 0 Å². The Morgan fingerprint density at radius 1 is 1.62 bits per heavy atom. The maximum atomic E-state index is 10.8. The van der Waals surface area contributed by atoms with Gasteiger partial charge in [0.05, 0.1) is 4.92 Å². The molecule has 0 aromatic carbocycles. The largest absolute Gasteiger partial charge is 0.369 e. The molecule has 0 saturated carbocycles. The Hall–Kier alpha value is -1.02. The molecule has 0 saturated heterocycles. The number of rotatable bonds is 4. The molecule has 85 valence electrons. The summed E-state index contributed by atoms with van der Waals surface area (Å²) in [4.78, 5) is 17.8. The van der Waals surface area contributed by atoms with E-state index < -0.39 is 4.92 Å². The van der Waals surface area contributed by atoms with Crippen molar-refractivity contribution in [3.05, 3.63) is 21.1 Å². The first-order valence-electron chi connectivity index (χ1n) is 4.38. The SMILES string of the molecule is Cc1nc(Cl)nc(NC(C)[B]S)c1[N+](=O)[O-]. The Balaban J connectivity index is 3.19. The van der Waals surface area contributed by atoms with E-state index in [-0.39, 0.29) is 28.4 Å². The molecule has 0 spiro atoms. The molecular weight excluding hydrogens is 250 g/mol. The van der Waals surface area contributed by atoms with E-state index in [0.717, 1.165) is 0 Å². The second kappa shape index (κ2) is 5.35. The van der Waals surface area contributed by atoms with E-state index in [2.05, 4.69) is 27.8 Å². The first-order chi connectivity index (χ1) is 7.45. The first kappa shape index (κ1) is 13.1. The second-order valence-corrected chi connectivity index (χ2v) is 3.75. The third-order valence-electron chi connectivity index (χ3n) is 1.80. The predicted octanol–water partition coefficient (Wildman–Crippen LogP) is 1.65. The van der Waals surface area contributed by atoms with Crippen molar-refractivity contribution in [3.63, 3.8) is 0 Å². The summed E-state index contributed by atoms with van der Waals surface area (Å²) in [6.45, 7) is 4.84. The Kier molecular flexibility index (Phi) is 4.37. The van der Waals surface area contributed by atoms with Crippen LogP contribution in [0.3, 0.4) is 0 Å². The van der Waals surface area contributed by atoms with Crippen molar-refractivity contribution >= 4 is 42.1 Å². The molecule has 0 fully saturated rings. The highest BCUT2D eigenvalue weighted by Gasteiger charge is 2.22. The normalized spacial score (nSPS) is 12.0. The number of nitrogens with one attached hydrogen (secondary N) is 1. The molecular formula is C7H9BClN4O2S. The molecule has 1 rings (SSSR count). The zero-order chi connectivity index (χ0) is 12.3. The van der Waals surface area contributed by atoms with Crippen molar-refractivity contribution in [3.8, 4) is 0 Å². The van der Waals surface area contributed by atoms with Gasteiger partial charge in [-0.05, 0) is 18.5 Å².